The lowest BCUT2D eigenvalue weighted by molar-refractivity contribution is -0.134. The van der Waals surface area contributed by atoms with Crippen molar-refractivity contribution >= 4 is 5.97 Å². The number of hydrogen-bond donors (Lipinski definition) is 2. The van der Waals surface area contributed by atoms with Gasteiger partial charge in [-0.15, -0.1) is 0 Å². The van der Waals surface area contributed by atoms with Gasteiger partial charge < -0.3 is 10.8 Å². The number of rotatable bonds is 2. The van der Waals surface area contributed by atoms with Gasteiger partial charge in [0.15, 0.2) is 0 Å². The van der Waals surface area contributed by atoms with Gasteiger partial charge in [0.05, 0.1) is 0 Å². The van der Waals surface area contributed by atoms with Crippen LogP contribution < -0.4 is 5.73 Å². The Morgan fingerprint density at radius 3 is 2.53 bits per heavy atom. The Morgan fingerprint density at radius 2 is 2.06 bits per heavy atom. The van der Waals surface area contributed by atoms with E-state index in [9.17, 15) is 0 Å². The SMILES string of the molecule is CC(=O)O.N[C@@H]1CCN(Cc2ccccc2)C1. The van der Waals surface area contributed by atoms with Gasteiger partial charge in [-0.05, 0) is 12.0 Å². The average Bonchev–Trinajstić information content (AvgIpc) is 2.65. The molecule has 0 saturated carbocycles. The molecule has 1 aromatic rings. The predicted octanol–water partition coefficient (Wildman–Crippen LogP) is 1.31. The molecule has 0 bridgehead atoms. The molecule has 1 heterocycles. The molecular weight excluding hydrogens is 216 g/mol. The van der Waals surface area contributed by atoms with Gasteiger partial charge in [0.2, 0.25) is 0 Å². The summed E-state index contributed by atoms with van der Waals surface area (Å²) < 4.78 is 0. The van der Waals surface area contributed by atoms with Gasteiger partial charge in [-0.1, -0.05) is 30.3 Å². The maximum Gasteiger partial charge on any atom is 0.300 e. The second kappa shape index (κ2) is 7.04. The molecule has 1 aromatic carbocycles. The third kappa shape index (κ3) is 6.04. The lowest BCUT2D eigenvalue weighted by atomic mass is 10.2. The van der Waals surface area contributed by atoms with Crippen molar-refractivity contribution in [2.75, 3.05) is 13.1 Å². The fourth-order valence-electron chi connectivity index (χ4n) is 1.85. The van der Waals surface area contributed by atoms with E-state index in [1.165, 1.54) is 5.56 Å². The topological polar surface area (TPSA) is 66.6 Å². The summed E-state index contributed by atoms with van der Waals surface area (Å²) in [6.45, 7) is 4.33. The lowest BCUT2D eigenvalue weighted by Gasteiger charge is -2.14. The molecule has 1 fully saturated rings. The van der Waals surface area contributed by atoms with E-state index < -0.39 is 5.97 Å². The normalized spacial score (nSPS) is 19.5. The fourth-order valence-corrected chi connectivity index (χ4v) is 1.85. The largest absolute Gasteiger partial charge is 0.481 e. The van der Waals surface area contributed by atoms with Crippen LogP contribution in [0.2, 0.25) is 0 Å². The van der Waals surface area contributed by atoms with Crippen molar-refractivity contribution in [3.8, 4) is 0 Å². The molecule has 0 radical (unpaired) electrons. The summed E-state index contributed by atoms with van der Waals surface area (Å²) in [5.41, 5.74) is 7.22. The molecule has 0 aromatic heterocycles. The van der Waals surface area contributed by atoms with Gasteiger partial charge in [0.1, 0.15) is 0 Å². The van der Waals surface area contributed by atoms with Crippen molar-refractivity contribution in [3.05, 3.63) is 35.9 Å². The molecule has 1 atom stereocenters. The van der Waals surface area contributed by atoms with Crippen LogP contribution in [0.25, 0.3) is 0 Å². The second-order valence-electron chi connectivity index (χ2n) is 4.29. The number of aliphatic carboxylic acids is 1. The first-order valence-corrected chi connectivity index (χ1v) is 5.79. The van der Waals surface area contributed by atoms with E-state index in [0.717, 1.165) is 33.0 Å². The second-order valence-corrected chi connectivity index (χ2v) is 4.29. The van der Waals surface area contributed by atoms with Crippen molar-refractivity contribution in [2.45, 2.75) is 25.9 Å². The first-order valence-electron chi connectivity index (χ1n) is 5.79. The Balaban J connectivity index is 0.000000317. The van der Waals surface area contributed by atoms with Crippen LogP contribution in [0.5, 0.6) is 0 Å². The van der Waals surface area contributed by atoms with Crippen LogP contribution in [0.4, 0.5) is 0 Å². The number of likely N-dealkylation sites (tertiary alicyclic amines) is 1. The molecular formula is C13H20N2O2. The van der Waals surface area contributed by atoms with E-state index in [4.69, 9.17) is 15.6 Å². The van der Waals surface area contributed by atoms with E-state index in [0.29, 0.717) is 6.04 Å². The Morgan fingerprint density at radius 1 is 1.47 bits per heavy atom. The summed E-state index contributed by atoms with van der Waals surface area (Å²) >= 11 is 0. The van der Waals surface area contributed by atoms with Crippen molar-refractivity contribution in [1.29, 1.82) is 0 Å². The maximum atomic E-state index is 9.00. The Hall–Kier alpha value is -1.39. The smallest absolute Gasteiger partial charge is 0.300 e. The van der Waals surface area contributed by atoms with E-state index in [-0.39, 0.29) is 0 Å². The number of hydrogen-bond acceptors (Lipinski definition) is 3. The number of nitrogens with two attached hydrogens (primary N) is 1. The lowest BCUT2D eigenvalue weighted by Crippen LogP contribution is -2.26. The summed E-state index contributed by atoms with van der Waals surface area (Å²) in [5, 5.41) is 7.42. The Labute approximate surface area is 102 Å². The number of carboxylic acids is 1. The minimum atomic E-state index is -0.833. The fraction of sp³-hybridized carbons (Fsp3) is 0.462. The van der Waals surface area contributed by atoms with Gasteiger partial charge in [-0.25, -0.2) is 0 Å². The first kappa shape index (κ1) is 13.7. The molecule has 4 heteroatoms. The zero-order valence-corrected chi connectivity index (χ0v) is 10.2. The summed E-state index contributed by atoms with van der Waals surface area (Å²) in [5.74, 6) is -0.833. The molecule has 94 valence electrons. The van der Waals surface area contributed by atoms with Gasteiger partial charge in [-0.3, -0.25) is 9.69 Å². The Bertz CT molecular complexity index is 337. The summed E-state index contributed by atoms with van der Waals surface area (Å²) in [4.78, 5) is 11.4. The molecule has 0 aliphatic carbocycles. The zero-order valence-electron chi connectivity index (χ0n) is 10.2. The summed E-state index contributed by atoms with van der Waals surface area (Å²) in [6.07, 6.45) is 1.15. The average molecular weight is 236 g/mol. The van der Waals surface area contributed by atoms with Crippen molar-refractivity contribution in [1.82, 2.24) is 4.90 Å². The molecule has 3 N–H and O–H groups in total. The number of benzene rings is 1. The zero-order chi connectivity index (χ0) is 12.7. The molecule has 0 unspecified atom stereocenters. The summed E-state index contributed by atoms with van der Waals surface area (Å²) in [6, 6.07) is 11.0. The molecule has 1 aliphatic heterocycles. The molecule has 1 saturated heterocycles. The van der Waals surface area contributed by atoms with E-state index in [1.54, 1.807) is 0 Å². The summed E-state index contributed by atoms with van der Waals surface area (Å²) in [7, 11) is 0. The highest BCUT2D eigenvalue weighted by atomic mass is 16.4. The van der Waals surface area contributed by atoms with Crippen molar-refractivity contribution < 1.29 is 9.90 Å². The van der Waals surface area contributed by atoms with Crippen LogP contribution >= 0.6 is 0 Å². The number of carbonyl (C=O) groups is 1. The number of nitrogens with zero attached hydrogens (tertiary/aromatic N) is 1. The number of carboxylic acid groups (broad SMARTS) is 1. The highest BCUT2D eigenvalue weighted by Crippen LogP contribution is 2.11. The molecule has 2 rings (SSSR count). The van der Waals surface area contributed by atoms with Crippen LogP contribution in [0.15, 0.2) is 30.3 Å². The van der Waals surface area contributed by atoms with Crippen LogP contribution in [0.3, 0.4) is 0 Å². The minimum Gasteiger partial charge on any atom is -0.481 e. The van der Waals surface area contributed by atoms with E-state index in [2.05, 4.69) is 35.2 Å². The molecule has 0 spiro atoms. The highest BCUT2D eigenvalue weighted by Gasteiger charge is 2.18. The third-order valence-corrected chi connectivity index (χ3v) is 2.56. The molecule has 17 heavy (non-hydrogen) atoms. The maximum absolute atomic E-state index is 9.00. The standard InChI is InChI=1S/C11H16N2.C2H4O2/c12-11-6-7-13(9-11)8-10-4-2-1-3-5-10;1-2(3)4/h1-5,11H,6-9,12H2;1H3,(H,3,4)/t11-;/m1./s1. The molecule has 0 amide bonds. The third-order valence-electron chi connectivity index (χ3n) is 2.56. The van der Waals surface area contributed by atoms with E-state index in [1.807, 2.05) is 0 Å². The van der Waals surface area contributed by atoms with Crippen molar-refractivity contribution in [3.63, 3.8) is 0 Å². The molecule has 1 aliphatic rings. The monoisotopic (exact) mass is 236 g/mol. The van der Waals surface area contributed by atoms with Crippen LogP contribution in [0.1, 0.15) is 18.9 Å². The quantitative estimate of drug-likeness (QED) is 0.812. The van der Waals surface area contributed by atoms with Gasteiger partial charge in [-0.2, -0.15) is 0 Å². The predicted molar refractivity (Wildman–Crippen MR) is 67.6 cm³/mol. The van der Waals surface area contributed by atoms with Crippen molar-refractivity contribution in [2.24, 2.45) is 5.73 Å². The highest BCUT2D eigenvalue weighted by molar-refractivity contribution is 5.62. The molecule has 4 nitrogen and oxygen atoms in total. The Kier molecular flexibility index (Phi) is 5.66. The minimum absolute atomic E-state index is 0.392. The first-order chi connectivity index (χ1) is 8.08. The van der Waals surface area contributed by atoms with Crippen LogP contribution in [-0.4, -0.2) is 35.1 Å². The van der Waals surface area contributed by atoms with Crippen LogP contribution in [-0.2, 0) is 11.3 Å². The van der Waals surface area contributed by atoms with Gasteiger partial charge in [0, 0.05) is 32.6 Å². The van der Waals surface area contributed by atoms with Gasteiger partial charge >= 0.3 is 0 Å². The van der Waals surface area contributed by atoms with Gasteiger partial charge in [0.25, 0.3) is 5.97 Å². The van der Waals surface area contributed by atoms with E-state index >= 15 is 0 Å². The van der Waals surface area contributed by atoms with Crippen LogP contribution in [0, 0.1) is 0 Å².